The van der Waals surface area contributed by atoms with Gasteiger partial charge in [0.25, 0.3) is 0 Å². The molecule has 1 aliphatic heterocycles. The highest BCUT2D eigenvalue weighted by molar-refractivity contribution is 6.01. The Kier molecular flexibility index (Phi) is 4.99. The van der Waals surface area contributed by atoms with E-state index in [2.05, 4.69) is 0 Å². The second-order valence-corrected chi connectivity index (χ2v) is 11.1. The number of alkyl halides is 1. The van der Waals surface area contributed by atoms with Crippen LogP contribution in [0.3, 0.4) is 0 Å². The van der Waals surface area contributed by atoms with Crippen molar-refractivity contribution in [1.29, 1.82) is 0 Å². The molecule has 0 unspecified atom stereocenters. The Morgan fingerprint density at radius 3 is 2.58 bits per heavy atom. The van der Waals surface area contributed by atoms with Crippen LogP contribution < -0.4 is 0 Å². The van der Waals surface area contributed by atoms with Gasteiger partial charge in [-0.1, -0.05) is 32.4 Å². The van der Waals surface area contributed by atoms with E-state index in [0.29, 0.717) is 32.1 Å². The molecule has 33 heavy (non-hydrogen) atoms. The Labute approximate surface area is 194 Å². The SMILES string of the molecule is CCC1(CC)O[C@@H]2C[C@H]3[C@@H]4CCC5=CC(=O)C=C[C@]5(C)[C@@]4(F)[C@@H](O)C[C@]3(C)[C@]2(C(=O)CO)O1. The topological polar surface area (TPSA) is 93.1 Å². The number of carbonyl (C=O) groups excluding carboxylic acids is 2. The second-order valence-electron chi connectivity index (χ2n) is 11.1. The molecule has 0 amide bonds. The largest absolute Gasteiger partial charge is 0.390 e. The van der Waals surface area contributed by atoms with E-state index in [1.807, 2.05) is 20.8 Å². The summed E-state index contributed by atoms with van der Waals surface area (Å²) in [5, 5.41) is 21.4. The number of carbonyl (C=O) groups is 2. The zero-order valence-corrected chi connectivity index (χ0v) is 19.9. The second kappa shape index (κ2) is 7.06. The number of Topliss-reactive ketones (excluding diaryl/α,β-unsaturated/α-hetero) is 1. The van der Waals surface area contributed by atoms with Gasteiger partial charge in [0, 0.05) is 16.7 Å². The fourth-order valence-electron chi connectivity index (χ4n) is 8.31. The van der Waals surface area contributed by atoms with Crippen LogP contribution >= 0.6 is 0 Å². The summed E-state index contributed by atoms with van der Waals surface area (Å²) < 4.78 is 30.2. The molecular weight excluding hydrogens is 427 g/mol. The minimum Gasteiger partial charge on any atom is -0.390 e. The molecule has 0 aromatic heterocycles. The Bertz CT molecular complexity index is 954. The summed E-state index contributed by atoms with van der Waals surface area (Å²) in [4.78, 5) is 25.4. The van der Waals surface area contributed by atoms with Gasteiger partial charge >= 0.3 is 0 Å². The number of aliphatic hydroxyl groups is 2. The van der Waals surface area contributed by atoms with E-state index in [0.717, 1.165) is 5.57 Å². The van der Waals surface area contributed by atoms with Gasteiger partial charge in [0.2, 0.25) is 0 Å². The van der Waals surface area contributed by atoms with Gasteiger partial charge in [0.15, 0.2) is 28.6 Å². The molecule has 1 heterocycles. The molecule has 0 radical (unpaired) electrons. The number of fused-ring (bicyclic) bond motifs is 7. The van der Waals surface area contributed by atoms with Crippen LogP contribution in [0.2, 0.25) is 0 Å². The number of rotatable bonds is 4. The summed E-state index contributed by atoms with van der Waals surface area (Å²) >= 11 is 0. The third kappa shape index (κ3) is 2.52. The number of ketones is 2. The van der Waals surface area contributed by atoms with Crippen LogP contribution in [-0.2, 0) is 19.1 Å². The summed E-state index contributed by atoms with van der Waals surface area (Å²) in [6.45, 7) is 6.87. The van der Waals surface area contributed by atoms with Crippen LogP contribution in [0.5, 0.6) is 0 Å². The molecule has 0 aromatic carbocycles. The third-order valence-corrected chi connectivity index (χ3v) is 10.1. The predicted molar refractivity (Wildman–Crippen MR) is 118 cm³/mol. The Balaban J connectivity index is 1.63. The standard InChI is InChI=1S/C26H35FO6/c1-5-24(6-2)32-21-12-18-17-8-7-15-11-16(29)9-10-22(15,3)25(17,27)19(30)13-23(18,4)26(21,33-24)20(31)14-28/h9-11,17-19,21,28,30H,5-8,12-14H2,1-4H3/t17-,18-,19-,21+,22-,23-,25-,26+/m0/s1. The van der Waals surface area contributed by atoms with E-state index in [1.54, 1.807) is 13.0 Å². The minimum absolute atomic E-state index is 0.0183. The van der Waals surface area contributed by atoms with Crippen LogP contribution in [0, 0.1) is 22.7 Å². The molecule has 4 fully saturated rings. The van der Waals surface area contributed by atoms with E-state index < -0.39 is 58.4 Å². The van der Waals surface area contributed by atoms with Crippen LogP contribution in [-0.4, -0.2) is 57.7 Å². The molecule has 6 nitrogen and oxygen atoms in total. The number of aliphatic hydroxyl groups excluding tert-OH is 2. The van der Waals surface area contributed by atoms with Crippen molar-refractivity contribution in [2.75, 3.05) is 6.61 Å². The maximum atomic E-state index is 17.3. The molecule has 5 aliphatic rings. The number of hydrogen-bond donors (Lipinski definition) is 2. The number of hydrogen-bond acceptors (Lipinski definition) is 6. The van der Waals surface area contributed by atoms with Gasteiger partial charge in [-0.05, 0) is 63.5 Å². The van der Waals surface area contributed by atoms with Crippen molar-refractivity contribution in [3.63, 3.8) is 0 Å². The lowest BCUT2D eigenvalue weighted by molar-refractivity contribution is -0.256. The number of ether oxygens (including phenoxy) is 2. The maximum Gasteiger partial charge on any atom is 0.193 e. The van der Waals surface area contributed by atoms with E-state index in [9.17, 15) is 19.8 Å². The van der Waals surface area contributed by atoms with Gasteiger partial charge in [-0.25, -0.2) is 4.39 Å². The Morgan fingerprint density at radius 1 is 1.24 bits per heavy atom. The number of halogens is 1. The maximum absolute atomic E-state index is 17.3. The smallest absolute Gasteiger partial charge is 0.193 e. The monoisotopic (exact) mass is 462 g/mol. The lowest BCUT2D eigenvalue weighted by Gasteiger charge is -2.62. The van der Waals surface area contributed by atoms with Gasteiger partial charge in [-0.15, -0.1) is 0 Å². The zero-order valence-electron chi connectivity index (χ0n) is 19.9. The van der Waals surface area contributed by atoms with Crippen molar-refractivity contribution in [1.82, 2.24) is 0 Å². The highest BCUT2D eigenvalue weighted by Crippen LogP contribution is 2.72. The summed E-state index contributed by atoms with van der Waals surface area (Å²) in [5.41, 5.74) is -4.66. The predicted octanol–water partition coefficient (Wildman–Crippen LogP) is 3.20. The fourth-order valence-corrected chi connectivity index (χ4v) is 8.31. The number of allylic oxidation sites excluding steroid dienone is 4. The molecule has 4 aliphatic carbocycles. The van der Waals surface area contributed by atoms with Crippen molar-refractivity contribution < 1.29 is 33.7 Å². The van der Waals surface area contributed by atoms with E-state index >= 15 is 4.39 Å². The van der Waals surface area contributed by atoms with Crippen LogP contribution in [0.25, 0.3) is 0 Å². The highest BCUT2D eigenvalue weighted by atomic mass is 19.1. The zero-order chi connectivity index (χ0) is 24.0. The normalized spacial score (nSPS) is 49.7. The molecule has 3 saturated carbocycles. The lowest BCUT2D eigenvalue weighted by Crippen LogP contribution is -2.70. The van der Waals surface area contributed by atoms with Crippen molar-refractivity contribution in [3.05, 3.63) is 23.8 Å². The summed E-state index contributed by atoms with van der Waals surface area (Å²) in [5.74, 6) is -2.35. The first-order chi connectivity index (χ1) is 15.5. The summed E-state index contributed by atoms with van der Waals surface area (Å²) in [7, 11) is 0. The van der Waals surface area contributed by atoms with Gasteiger partial charge in [-0.2, -0.15) is 0 Å². The van der Waals surface area contributed by atoms with Gasteiger partial charge in [-0.3, -0.25) is 9.59 Å². The first-order valence-corrected chi connectivity index (χ1v) is 12.3. The summed E-state index contributed by atoms with van der Waals surface area (Å²) in [6, 6.07) is 0. The van der Waals surface area contributed by atoms with Crippen molar-refractivity contribution >= 4 is 11.6 Å². The first-order valence-electron chi connectivity index (χ1n) is 12.3. The average molecular weight is 463 g/mol. The molecule has 8 atom stereocenters. The first kappa shape index (κ1) is 23.3. The lowest BCUT2D eigenvalue weighted by atomic mass is 9.44. The molecule has 0 spiro atoms. The molecule has 5 rings (SSSR count). The fraction of sp³-hybridized carbons (Fsp3) is 0.769. The van der Waals surface area contributed by atoms with Gasteiger partial charge < -0.3 is 19.7 Å². The molecule has 0 aromatic rings. The highest BCUT2D eigenvalue weighted by Gasteiger charge is 2.80. The molecule has 182 valence electrons. The van der Waals surface area contributed by atoms with Crippen molar-refractivity contribution in [3.8, 4) is 0 Å². The van der Waals surface area contributed by atoms with E-state index in [4.69, 9.17) is 9.47 Å². The molecule has 1 saturated heterocycles. The molecular formula is C26H35FO6. The molecule has 0 bridgehead atoms. The van der Waals surface area contributed by atoms with Crippen LogP contribution in [0.15, 0.2) is 23.8 Å². The van der Waals surface area contributed by atoms with Gasteiger partial charge in [0.05, 0.1) is 12.2 Å². The minimum atomic E-state index is -1.98. The molecule has 7 heteroatoms. The van der Waals surface area contributed by atoms with Crippen LogP contribution in [0.4, 0.5) is 4.39 Å². The van der Waals surface area contributed by atoms with Gasteiger partial charge in [0.1, 0.15) is 6.61 Å². The molecule has 2 N–H and O–H groups in total. The average Bonchev–Trinajstić information content (AvgIpc) is 3.25. The summed E-state index contributed by atoms with van der Waals surface area (Å²) in [6.07, 6.45) is 5.15. The van der Waals surface area contributed by atoms with Crippen LogP contribution in [0.1, 0.15) is 66.2 Å². The van der Waals surface area contributed by atoms with E-state index in [1.165, 1.54) is 12.2 Å². The third-order valence-electron chi connectivity index (χ3n) is 10.1. The van der Waals surface area contributed by atoms with Crippen molar-refractivity contribution in [2.45, 2.75) is 95.5 Å². The Hall–Kier alpha value is -1.41. The Morgan fingerprint density at radius 2 is 1.94 bits per heavy atom. The van der Waals surface area contributed by atoms with E-state index in [-0.39, 0.29) is 18.1 Å². The quantitative estimate of drug-likeness (QED) is 0.667. The van der Waals surface area contributed by atoms with Crippen molar-refractivity contribution in [2.24, 2.45) is 22.7 Å².